The normalized spacial score (nSPS) is 27.6. The van der Waals surface area contributed by atoms with E-state index in [2.05, 4.69) is 11.1 Å². The molecular formula is C16H19NO2. The van der Waals surface area contributed by atoms with Gasteiger partial charge in [0.2, 0.25) is 0 Å². The number of pyridine rings is 1. The Balaban J connectivity index is 1.98. The summed E-state index contributed by atoms with van der Waals surface area (Å²) in [6.07, 6.45) is 5.46. The Morgan fingerprint density at radius 3 is 3.11 bits per heavy atom. The van der Waals surface area contributed by atoms with E-state index < -0.39 is 5.60 Å². The molecule has 1 fully saturated rings. The summed E-state index contributed by atoms with van der Waals surface area (Å²) in [7, 11) is 1.72. The first-order valence-electron chi connectivity index (χ1n) is 6.82. The molecule has 0 radical (unpaired) electrons. The van der Waals surface area contributed by atoms with Gasteiger partial charge in [-0.15, -0.1) is 0 Å². The summed E-state index contributed by atoms with van der Waals surface area (Å²) >= 11 is 0. The molecular weight excluding hydrogens is 238 g/mol. The van der Waals surface area contributed by atoms with Crippen molar-refractivity contribution in [2.45, 2.75) is 37.4 Å². The largest absolute Gasteiger partial charge is 0.385 e. The fraction of sp³-hybridized carbons (Fsp3) is 0.438. The Kier molecular flexibility index (Phi) is 3.25. The van der Waals surface area contributed by atoms with Crippen LogP contribution in [0.15, 0.2) is 36.5 Å². The fourth-order valence-electron chi connectivity index (χ4n) is 3.03. The van der Waals surface area contributed by atoms with Crippen LogP contribution in [0.25, 0.3) is 10.9 Å². The minimum Gasteiger partial charge on any atom is -0.385 e. The Bertz CT molecular complexity index is 584. The average Bonchev–Trinajstić information content (AvgIpc) is 2.46. The third-order valence-corrected chi connectivity index (χ3v) is 4.16. The molecule has 2 atom stereocenters. The van der Waals surface area contributed by atoms with Crippen LogP contribution in [0.3, 0.4) is 0 Å². The van der Waals surface area contributed by atoms with Crippen LogP contribution < -0.4 is 0 Å². The maximum atomic E-state index is 10.9. The van der Waals surface area contributed by atoms with Gasteiger partial charge in [-0.25, -0.2) is 0 Å². The zero-order valence-corrected chi connectivity index (χ0v) is 11.2. The van der Waals surface area contributed by atoms with Crippen molar-refractivity contribution >= 4 is 10.9 Å². The molecule has 2 unspecified atom stereocenters. The van der Waals surface area contributed by atoms with Crippen LogP contribution in [0.1, 0.15) is 31.2 Å². The lowest BCUT2D eigenvalue weighted by Crippen LogP contribution is -2.35. The summed E-state index contributed by atoms with van der Waals surface area (Å²) in [5.41, 5.74) is 1.19. The minimum absolute atomic E-state index is 0.156. The van der Waals surface area contributed by atoms with Crippen LogP contribution in [0.4, 0.5) is 0 Å². The highest BCUT2D eigenvalue weighted by atomic mass is 16.5. The number of nitrogens with zero attached hydrogens (tertiary/aromatic N) is 1. The molecule has 1 aromatic heterocycles. The molecule has 1 saturated carbocycles. The predicted molar refractivity (Wildman–Crippen MR) is 74.9 cm³/mol. The molecule has 3 nitrogen and oxygen atoms in total. The molecule has 19 heavy (non-hydrogen) atoms. The Morgan fingerprint density at radius 1 is 1.37 bits per heavy atom. The Labute approximate surface area is 113 Å². The second kappa shape index (κ2) is 4.91. The van der Waals surface area contributed by atoms with E-state index in [1.165, 1.54) is 0 Å². The van der Waals surface area contributed by atoms with Crippen LogP contribution >= 0.6 is 0 Å². The lowest BCUT2D eigenvalue weighted by Gasteiger charge is -2.36. The number of hydrogen-bond donors (Lipinski definition) is 1. The highest BCUT2D eigenvalue weighted by Crippen LogP contribution is 2.38. The summed E-state index contributed by atoms with van der Waals surface area (Å²) in [5, 5.41) is 12.0. The fourth-order valence-corrected chi connectivity index (χ4v) is 3.03. The summed E-state index contributed by atoms with van der Waals surface area (Å²) in [5.74, 6) is 0. The molecule has 1 N–H and O–H groups in total. The van der Waals surface area contributed by atoms with Gasteiger partial charge in [-0.2, -0.15) is 0 Å². The second-order valence-electron chi connectivity index (χ2n) is 5.40. The molecule has 3 heteroatoms. The third kappa shape index (κ3) is 2.36. The average molecular weight is 257 g/mol. The van der Waals surface area contributed by atoms with Crippen molar-refractivity contribution in [1.82, 2.24) is 4.98 Å². The van der Waals surface area contributed by atoms with Crippen LogP contribution in [-0.2, 0) is 10.3 Å². The number of rotatable bonds is 2. The van der Waals surface area contributed by atoms with Crippen LogP contribution in [-0.4, -0.2) is 23.3 Å². The molecule has 0 bridgehead atoms. The molecule has 2 aromatic rings. The van der Waals surface area contributed by atoms with Crippen molar-refractivity contribution < 1.29 is 9.84 Å². The number of methoxy groups -OCH3 is 1. The van der Waals surface area contributed by atoms with E-state index in [4.69, 9.17) is 4.74 Å². The van der Waals surface area contributed by atoms with Gasteiger partial charge in [0.15, 0.2) is 0 Å². The first kappa shape index (κ1) is 12.6. The second-order valence-corrected chi connectivity index (χ2v) is 5.40. The van der Waals surface area contributed by atoms with Gasteiger partial charge in [0, 0.05) is 25.1 Å². The van der Waals surface area contributed by atoms with E-state index in [0.717, 1.165) is 35.7 Å². The van der Waals surface area contributed by atoms with Gasteiger partial charge in [0.25, 0.3) is 0 Å². The molecule has 0 amide bonds. The van der Waals surface area contributed by atoms with Gasteiger partial charge in [0.05, 0.1) is 17.2 Å². The highest BCUT2D eigenvalue weighted by Gasteiger charge is 2.36. The topological polar surface area (TPSA) is 42.4 Å². The highest BCUT2D eigenvalue weighted by molar-refractivity contribution is 5.79. The zero-order chi connectivity index (χ0) is 13.3. The lowest BCUT2D eigenvalue weighted by molar-refractivity contribution is -0.0631. The molecule has 0 spiro atoms. The quantitative estimate of drug-likeness (QED) is 0.899. The number of ether oxygens (including phenoxy) is 1. The van der Waals surface area contributed by atoms with Gasteiger partial charge in [-0.05, 0) is 43.0 Å². The smallest absolute Gasteiger partial charge is 0.0921 e. The maximum Gasteiger partial charge on any atom is 0.0921 e. The minimum atomic E-state index is -0.761. The van der Waals surface area contributed by atoms with E-state index in [0.29, 0.717) is 6.42 Å². The van der Waals surface area contributed by atoms with Gasteiger partial charge in [-0.3, -0.25) is 4.98 Å². The van der Waals surface area contributed by atoms with Gasteiger partial charge < -0.3 is 9.84 Å². The summed E-state index contributed by atoms with van der Waals surface area (Å²) < 4.78 is 5.42. The van der Waals surface area contributed by atoms with Crippen molar-refractivity contribution in [1.29, 1.82) is 0 Å². The van der Waals surface area contributed by atoms with Crippen molar-refractivity contribution in [3.8, 4) is 0 Å². The molecule has 0 aliphatic heterocycles. The summed E-state index contributed by atoms with van der Waals surface area (Å²) in [4.78, 5) is 4.31. The van der Waals surface area contributed by atoms with E-state index in [1.807, 2.05) is 24.3 Å². The number of hydrogen-bond acceptors (Lipinski definition) is 3. The molecule has 1 aliphatic carbocycles. The third-order valence-electron chi connectivity index (χ3n) is 4.16. The van der Waals surface area contributed by atoms with E-state index in [-0.39, 0.29) is 6.10 Å². The van der Waals surface area contributed by atoms with Crippen LogP contribution in [0.5, 0.6) is 0 Å². The van der Waals surface area contributed by atoms with E-state index in [1.54, 1.807) is 13.3 Å². The van der Waals surface area contributed by atoms with Crippen LogP contribution in [0, 0.1) is 0 Å². The Morgan fingerprint density at radius 2 is 2.26 bits per heavy atom. The predicted octanol–water partition coefficient (Wildman–Crippen LogP) is 3.01. The van der Waals surface area contributed by atoms with E-state index >= 15 is 0 Å². The molecule has 0 saturated heterocycles. The number of aromatic nitrogens is 1. The van der Waals surface area contributed by atoms with Gasteiger partial charge in [0.1, 0.15) is 0 Å². The SMILES string of the molecule is COC1CCCC(O)(c2ccc3ncccc3c2)C1. The maximum absolute atomic E-state index is 10.9. The van der Waals surface area contributed by atoms with Crippen molar-refractivity contribution in [2.75, 3.05) is 7.11 Å². The zero-order valence-electron chi connectivity index (χ0n) is 11.2. The molecule has 1 heterocycles. The molecule has 3 rings (SSSR count). The van der Waals surface area contributed by atoms with Gasteiger partial charge >= 0.3 is 0 Å². The molecule has 1 aromatic carbocycles. The van der Waals surface area contributed by atoms with E-state index in [9.17, 15) is 5.11 Å². The monoisotopic (exact) mass is 257 g/mol. The van der Waals surface area contributed by atoms with Crippen molar-refractivity contribution in [2.24, 2.45) is 0 Å². The number of fused-ring (bicyclic) bond motifs is 1. The summed E-state index contributed by atoms with van der Waals surface area (Å²) in [6, 6.07) is 9.99. The molecule has 1 aliphatic rings. The van der Waals surface area contributed by atoms with Gasteiger partial charge in [-0.1, -0.05) is 12.1 Å². The first-order valence-corrected chi connectivity index (χ1v) is 6.82. The Hall–Kier alpha value is -1.45. The number of benzene rings is 1. The first-order chi connectivity index (χ1) is 9.21. The van der Waals surface area contributed by atoms with Crippen molar-refractivity contribution in [3.63, 3.8) is 0 Å². The lowest BCUT2D eigenvalue weighted by atomic mass is 9.78. The standard InChI is InChI=1S/C16H19NO2/c1-19-14-5-2-8-16(18,11-14)13-6-7-15-12(10-13)4-3-9-17-15/h3-4,6-7,9-10,14,18H,2,5,8,11H2,1H3. The van der Waals surface area contributed by atoms with Crippen LogP contribution in [0.2, 0.25) is 0 Å². The summed E-state index contributed by atoms with van der Waals surface area (Å²) in [6.45, 7) is 0. The van der Waals surface area contributed by atoms with Crippen molar-refractivity contribution in [3.05, 3.63) is 42.1 Å². The molecule has 100 valence electrons. The number of aliphatic hydroxyl groups is 1.